The largest absolute Gasteiger partial charge is 0.0953 e. The summed E-state index contributed by atoms with van der Waals surface area (Å²) in [6, 6.07) is 0. The minimum Gasteiger partial charge on any atom is -0.0953 e. The lowest BCUT2D eigenvalue weighted by molar-refractivity contribution is 0.657. The van der Waals surface area contributed by atoms with E-state index >= 15 is 0 Å². The van der Waals surface area contributed by atoms with Crippen LogP contribution in [0.5, 0.6) is 0 Å². The minimum atomic E-state index is 0.634. The molecule has 0 nitrogen and oxygen atoms in total. The Morgan fingerprint density at radius 2 is 1.75 bits per heavy atom. The molecule has 0 saturated heterocycles. The Hall–Kier alpha value is -0.520. The summed E-state index contributed by atoms with van der Waals surface area (Å²) in [4.78, 5) is 0. The van der Waals surface area contributed by atoms with Crippen LogP contribution in [0, 0.1) is 5.92 Å². The lowest BCUT2D eigenvalue weighted by atomic mass is 9.89. The highest BCUT2D eigenvalue weighted by Gasteiger charge is 2.08. The van der Waals surface area contributed by atoms with Crippen LogP contribution in [0.4, 0.5) is 0 Å². The molecule has 0 heterocycles. The van der Waals surface area contributed by atoms with Crippen molar-refractivity contribution in [1.82, 2.24) is 0 Å². The van der Waals surface area contributed by atoms with Gasteiger partial charge in [0.15, 0.2) is 0 Å². The molecule has 0 fully saturated rings. The number of allylic oxidation sites excluding steroid dienone is 3. The van der Waals surface area contributed by atoms with E-state index in [9.17, 15) is 0 Å². The molecule has 0 N–H and O–H groups in total. The molecule has 70 valence electrons. The molecule has 0 aliphatic rings. The Labute approximate surface area is 77.4 Å². The van der Waals surface area contributed by atoms with Gasteiger partial charge in [-0.2, -0.15) is 0 Å². The van der Waals surface area contributed by atoms with Gasteiger partial charge in [-0.3, -0.25) is 0 Å². The zero-order valence-corrected chi connectivity index (χ0v) is 9.20. The highest BCUT2D eigenvalue weighted by Crippen LogP contribution is 2.25. The van der Waals surface area contributed by atoms with Crippen LogP contribution in [0.15, 0.2) is 23.3 Å². The van der Waals surface area contributed by atoms with E-state index < -0.39 is 0 Å². The van der Waals surface area contributed by atoms with Crippen molar-refractivity contribution in [1.29, 1.82) is 0 Å². The van der Waals surface area contributed by atoms with Crippen molar-refractivity contribution in [3.05, 3.63) is 23.3 Å². The zero-order chi connectivity index (χ0) is 9.72. The molecule has 12 heavy (non-hydrogen) atoms. The van der Waals surface area contributed by atoms with Crippen LogP contribution in [-0.4, -0.2) is 0 Å². The highest BCUT2D eigenvalue weighted by atomic mass is 14.1. The second-order valence-electron chi connectivity index (χ2n) is 3.67. The first-order valence-corrected chi connectivity index (χ1v) is 4.90. The van der Waals surface area contributed by atoms with Gasteiger partial charge in [0.25, 0.3) is 0 Å². The molecule has 1 unspecified atom stereocenters. The molecule has 0 heteroatoms. The third kappa shape index (κ3) is 2.84. The van der Waals surface area contributed by atoms with E-state index in [1.807, 2.05) is 0 Å². The van der Waals surface area contributed by atoms with Crippen molar-refractivity contribution in [3.63, 3.8) is 0 Å². The second-order valence-corrected chi connectivity index (χ2v) is 3.67. The third-order valence-corrected chi connectivity index (χ3v) is 2.55. The fourth-order valence-corrected chi connectivity index (χ4v) is 1.45. The van der Waals surface area contributed by atoms with Gasteiger partial charge in [-0.25, -0.2) is 0 Å². The molecule has 0 radical (unpaired) electrons. The van der Waals surface area contributed by atoms with Gasteiger partial charge in [0.1, 0.15) is 0 Å². The van der Waals surface area contributed by atoms with E-state index in [1.54, 1.807) is 0 Å². The van der Waals surface area contributed by atoms with Crippen LogP contribution >= 0.6 is 0 Å². The van der Waals surface area contributed by atoms with Crippen molar-refractivity contribution in [3.8, 4) is 0 Å². The fourth-order valence-electron chi connectivity index (χ4n) is 1.45. The first-order chi connectivity index (χ1) is 5.54. The lowest BCUT2D eigenvalue weighted by Crippen LogP contribution is -2.00. The van der Waals surface area contributed by atoms with Gasteiger partial charge in [0.2, 0.25) is 0 Å². The van der Waals surface area contributed by atoms with Crippen molar-refractivity contribution in [2.45, 2.75) is 47.5 Å². The van der Waals surface area contributed by atoms with E-state index in [4.69, 9.17) is 0 Å². The lowest BCUT2D eigenvalue weighted by Gasteiger charge is -2.16. The minimum absolute atomic E-state index is 0.634. The Morgan fingerprint density at radius 1 is 1.25 bits per heavy atom. The maximum Gasteiger partial charge on any atom is -0.0196 e. The molecule has 0 bridgehead atoms. The van der Waals surface area contributed by atoms with E-state index in [0.717, 1.165) is 6.42 Å². The summed E-state index contributed by atoms with van der Waals surface area (Å²) in [7, 11) is 0. The van der Waals surface area contributed by atoms with Crippen LogP contribution < -0.4 is 0 Å². The average molecular weight is 166 g/mol. The Morgan fingerprint density at radius 3 is 2.00 bits per heavy atom. The molecule has 0 aromatic heterocycles. The smallest absolute Gasteiger partial charge is 0.0196 e. The standard InChI is InChI=1S/C12H22/c1-7-10(5)11(6)12(8-2)9(3)4/h10H,6-8H2,1-5H3. The van der Waals surface area contributed by atoms with E-state index in [0.29, 0.717) is 5.92 Å². The summed E-state index contributed by atoms with van der Waals surface area (Å²) in [6.07, 6.45) is 2.31. The first kappa shape index (κ1) is 11.5. The van der Waals surface area contributed by atoms with Gasteiger partial charge in [0.05, 0.1) is 0 Å². The van der Waals surface area contributed by atoms with Crippen LogP contribution in [0.25, 0.3) is 0 Å². The van der Waals surface area contributed by atoms with Crippen LogP contribution in [-0.2, 0) is 0 Å². The Kier molecular flexibility index (Phi) is 4.96. The van der Waals surface area contributed by atoms with Crippen molar-refractivity contribution in [2.75, 3.05) is 0 Å². The van der Waals surface area contributed by atoms with Gasteiger partial charge in [-0.1, -0.05) is 32.9 Å². The number of hydrogen-bond donors (Lipinski definition) is 0. The molecule has 0 amide bonds. The fraction of sp³-hybridized carbons (Fsp3) is 0.667. The van der Waals surface area contributed by atoms with Crippen LogP contribution in [0.3, 0.4) is 0 Å². The molecule has 0 saturated carbocycles. The highest BCUT2D eigenvalue weighted by molar-refractivity contribution is 5.32. The molecule has 0 rings (SSSR count). The Bertz CT molecular complexity index is 180. The molecule has 0 spiro atoms. The van der Waals surface area contributed by atoms with Crippen molar-refractivity contribution in [2.24, 2.45) is 5.92 Å². The van der Waals surface area contributed by atoms with Gasteiger partial charge in [-0.15, -0.1) is 0 Å². The quantitative estimate of drug-likeness (QED) is 0.545. The maximum atomic E-state index is 4.16. The molecule has 0 aliphatic heterocycles. The molecular formula is C12H22. The number of rotatable bonds is 4. The van der Waals surface area contributed by atoms with Gasteiger partial charge < -0.3 is 0 Å². The summed E-state index contributed by atoms with van der Waals surface area (Å²) in [5, 5.41) is 0. The molecule has 0 aliphatic carbocycles. The van der Waals surface area contributed by atoms with Crippen LogP contribution in [0.2, 0.25) is 0 Å². The maximum absolute atomic E-state index is 4.16. The Balaban J connectivity index is 4.55. The molecular weight excluding hydrogens is 144 g/mol. The number of hydrogen-bond acceptors (Lipinski definition) is 0. The predicted octanol–water partition coefficient (Wildman–Crippen LogP) is 4.34. The topological polar surface area (TPSA) is 0 Å². The summed E-state index contributed by atoms with van der Waals surface area (Å²) >= 11 is 0. The normalized spacial score (nSPS) is 12.4. The average Bonchev–Trinajstić information content (AvgIpc) is 2.03. The third-order valence-electron chi connectivity index (χ3n) is 2.55. The van der Waals surface area contributed by atoms with Crippen molar-refractivity contribution < 1.29 is 0 Å². The molecule has 0 aromatic carbocycles. The molecule has 1 atom stereocenters. The molecule has 0 aromatic rings. The van der Waals surface area contributed by atoms with Crippen LogP contribution in [0.1, 0.15) is 47.5 Å². The first-order valence-electron chi connectivity index (χ1n) is 4.90. The van der Waals surface area contributed by atoms with Crippen molar-refractivity contribution >= 4 is 0 Å². The van der Waals surface area contributed by atoms with Gasteiger partial charge >= 0.3 is 0 Å². The summed E-state index contributed by atoms with van der Waals surface area (Å²) in [5.74, 6) is 0.634. The summed E-state index contributed by atoms with van der Waals surface area (Å²) in [6.45, 7) is 15.2. The van der Waals surface area contributed by atoms with Gasteiger partial charge in [0, 0.05) is 0 Å². The van der Waals surface area contributed by atoms with E-state index in [-0.39, 0.29) is 0 Å². The zero-order valence-electron chi connectivity index (χ0n) is 9.20. The summed E-state index contributed by atoms with van der Waals surface area (Å²) < 4.78 is 0. The van der Waals surface area contributed by atoms with E-state index in [1.165, 1.54) is 23.1 Å². The van der Waals surface area contributed by atoms with Gasteiger partial charge in [-0.05, 0) is 43.8 Å². The second kappa shape index (κ2) is 5.18. The monoisotopic (exact) mass is 166 g/mol. The predicted molar refractivity (Wildman–Crippen MR) is 57.3 cm³/mol. The van der Waals surface area contributed by atoms with E-state index in [2.05, 4.69) is 41.2 Å². The summed E-state index contributed by atoms with van der Waals surface area (Å²) in [5.41, 5.74) is 4.21. The SMILES string of the molecule is C=C(C(CC)=C(C)C)C(C)CC.